The van der Waals surface area contributed by atoms with E-state index in [1.807, 2.05) is 24.3 Å². The summed E-state index contributed by atoms with van der Waals surface area (Å²) in [6.07, 6.45) is 0. The van der Waals surface area contributed by atoms with Crippen LogP contribution in [0.4, 0.5) is 0 Å². The lowest BCUT2D eigenvalue weighted by molar-refractivity contribution is 0.0507. The van der Waals surface area contributed by atoms with Crippen LogP contribution in [0.2, 0.25) is 0 Å². The maximum atomic E-state index is 5.42. The summed E-state index contributed by atoms with van der Waals surface area (Å²) in [6, 6.07) is 12.2. The molecule has 0 aliphatic carbocycles. The van der Waals surface area contributed by atoms with Crippen molar-refractivity contribution in [1.82, 2.24) is 0 Å². The standard InChI is InChI=1S/C12H11BrO2/c1-14-8-15-12-7-10-5-3-2-4-9(10)6-11(12)13/h2-7H,8H2,1H3. The number of benzene rings is 2. The van der Waals surface area contributed by atoms with Crippen molar-refractivity contribution < 1.29 is 9.47 Å². The lowest BCUT2D eigenvalue weighted by atomic mass is 10.1. The minimum absolute atomic E-state index is 0.261. The number of rotatable bonds is 3. The van der Waals surface area contributed by atoms with Gasteiger partial charge in [0.2, 0.25) is 0 Å². The van der Waals surface area contributed by atoms with Crippen LogP contribution in [-0.2, 0) is 4.74 Å². The Morgan fingerprint density at radius 1 is 1.13 bits per heavy atom. The number of halogens is 1. The van der Waals surface area contributed by atoms with Gasteiger partial charge in [-0.05, 0) is 38.8 Å². The van der Waals surface area contributed by atoms with Gasteiger partial charge in [0.15, 0.2) is 6.79 Å². The summed E-state index contributed by atoms with van der Waals surface area (Å²) in [5.74, 6) is 0.801. The van der Waals surface area contributed by atoms with Crippen molar-refractivity contribution in [1.29, 1.82) is 0 Å². The van der Waals surface area contributed by atoms with Crippen molar-refractivity contribution in [3.63, 3.8) is 0 Å². The van der Waals surface area contributed by atoms with Gasteiger partial charge in [-0.25, -0.2) is 0 Å². The lowest BCUT2D eigenvalue weighted by Crippen LogP contribution is -1.99. The molecule has 3 heteroatoms. The highest BCUT2D eigenvalue weighted by atomic mass is 79.9. The zero-order chi connectivity index (χ0) is 10.7. The Hall–Kier alpha value is -1.06. The smallest absolute Gasteiger partial charge is 0.188 e. The number of fused-ring (bicyclic) bond motifs is 1. The quantitative estimate of drug-likeness (QED) is 0.791. The van der Waals surface area contributed by atoms with Crippen LogP contribution in [0.1, 0.15) is 0 Å². The molecule has 0 unspecified atom stereocenters. The van der Waals surface area contributed by atoms with Gasteiger partial charge >= 0.3 is 0 Å². The SMILES string of the molecule is COCOc1cc2ccccc2cc1Br. The van der Waals surface area contributed by atoms with E-state index in [1.54, 1.807) is 7.11 Å². The van der Waals surface area contributed by atoms with Crippen LogP contribution in [0.25, 0.3) is 10.8 Å². The summed E-state index contributed by atoms with van der Waals surface area (Å²) < 4.78 is 11.2. The van der Waals surface area contributed by atoms with Gasteiger partial charge in [0.1, 0.15) is 5.75 Å². The second-order valence-corrected chi connectivity index (χ2v) is 4.03. The van der Waals surface area contributed by atoms with E-state index < -0.39 is 0 Å². The monoisotopic (exact) mass is 266 g/mol. The van der Waals surface area contributed by atoms with Crippen molar-refractivity contribution in [3.8, 4) is 5.75 Å². The van der Waals surface area contributed by atoms with E-state index in [0.29, 0.717) is 0 Å². The van der Waals surface area contributed by atoms with E-state index >= 15 is 0 Å². The molecule has 0 bridgehead atoms. The van der Waals surface area contributed by atoms with E-state index in [9.17, 15) is 0 Å². The first-order valence-corrected chi connectivity index (χ1v) is 5.40. The van der Waals surface area contributed by atoms with Crippen LogP contribution in [0, 0.1) is 0 Å². The Morgan fingerprint density at radius 3 is 2.47 bits per heavy atom. The van der Waals surface area contributed by atoms with E-state index in [4.69, 9.17) is 9.47 Å². The highest BCUT2D eigenvalue weighted by Gasteiger charge is 2.02. The first-order chi connectivity index (χ1) is 7.31. The van der Waals surface area contributed by atoms with Gasteiger partial charge in [0.25, 0.3) is 0 Å². The predicted octanol–water partition coefficient (Wildman–Crippen LogP) is 3.59. The number of ether oxygens (including phenoxy) is 2. The second-order valence-electron chi connectivity index (χ2n) is 3.18. The topological polar surface area (TPSA) is 18.5 Å². The van der Waals surface area contributed by atoms with Crippen LogP contribution in [0.3, 0.4) is 0 Å². The highest BCUT2D eigenvalue weighted by Crippen LogP contribution is 2.30. The van der Waals surface area contributed by atoms with Crippen LogP contribution >= 0.6 is 15.9 Å². The second kappa shape index (κ2) is 4.64. The molecular formula is C12H11BrO2. The first-order valence-electron chi connectivity index (χ1n) is 4.61. The van der Waals surface area contributed by atoms with Crippen molar-refractivity contribution in [2.75, 3.05) is 13.9 Å². The fourth-order valence-electron chi connectivity index (χ4n) is 1.42. The summed E-state index contributed by atoms with van der Waals surface area (Å²) in [7, 11) is 1.61. The number of methoxy groups -OCH3 is 1. The minimum Gasteiger partial charge on any atom is -0.466 e. The van der Waals surface area contributed by atoms with E-state index in [2.05, 4.69) is 28.1 Å². The van der Waals surface area contributed by atoms with Crippen molar-refractivity contribution in [2.24, 2.45) is 0 Å². The molecule has 0 N–H and O–H groups in total. The molecule has 0 atom stereocenters. The molecule has 2 aromatic carbocycles. The predicted molar refractivity (Wildman–Crippen MR) is 64.2 cm³/mol. The van der Waals surface area contributed by atoms with Gasteiger partial charge in [-0.15, -0.1) is 0 Å². The third-order valence-corrected chi connectivity index (χ3v) is 2.75. The molecule has 2 nitrogen and oxygen atoms in total. The fourth-order valence-corrected chi connectivity index (χ4v) is 1.90. The normalized spacial score (nSPS) is 10.5. The van der Waals surface area contributed by atoms with E-state index in [0.717, 1.165) is 15.6 Å². The maximum absolute atomic E-state index is 5.42. The molecule has 0 aliphatic heterocycles. The first kappa shape index (κ1) is 10.5. The summed E-state index contributed by atoms with van der Waals surface area (Å²) in [5.41, 5.74) is 0. The molecular weight excluding hydrogens is 256 g/mol. The van der Waals surface area contributed by atoms with E-state index in [1.165, 1.54) is 5.39 Å². The number of hydrogen-bond acceptors (Lipinski definition) is 2. The van der Waals surface area contributed by atoms with Gasteiger partial charge in [0, 0.05) is 7.11 Å². The van der Waals surface area contributed by atoms with Gasteiger partial charge in [0.05, 0.1) is 4.47 Å². The Balaban J connectivity index is 2.43. The maximum Gasteiger partial charge on any atom is 0.188 e. The molecule has 0 fully saturated rings. The van der Waals surface area contributed by atoms with Crippen LogP contribution < -0.4 is 4.74 Å². The van der Waals surface area contributed by atoms with Crippen molar-refractivity contribution in [2.45, 2.75) is 0 Å². The van der Waals surface area contributed by atoms with Gasteiger partial charge in [-0.1, -0.05) is 24.3 Å². The summed E-state index contributed by atoms with van der Waals surface area (Å²) in [6.45, 7) is 0.261. The molecule has 0 aromatic heterocycles. The Bertz CT molecular complexity index is 468. The Morgan fingerprint density at radius 2 is 1.80 bits per heavy atom. The van der Waals surface area contributed by atoms with Crippen molar-refractivity contribution in [3.05, 3.63) is 40.9 Å². The third-order valence-electron chi connectivity index (χ3n) is 2.13. The van der Waals surface area contributed by atoms with Crippen LogP contribution in [-0.4, -0.2) is 13.9 Å². The molecule has 0 amide bonds. The molecule has 0 radical (unpaired) electrons. The third kappa shape index (κ3) is 2.30. The minimum atomic E-state index is 0.261. The number of hydrogen-bond donors (Lipinski definition) is 0. The van der Waals surface area contributed by atoms with Crippen molar-refractivity contribution >= 4 is 26.7 Å². The van der Waals surface area contributed by atoms with Crippen LogP contribution in [0.15, 0.2) is 40.9 Å². The molecule has 15 heavy (non-hydrogen) atoms. The summed E-state index contributed by atoms with van der Waals surface area (Å²) in [5, 5.41) is 2.35. The average molecular weight is 267 g/mol. The fraction of sp³-hybridized carbons (Fsp3) is 0.167. The molecule has 0 saturated carbocycles. The molecule has 0 spiro atoms. The summed E-state index contributed by atoms with van der Waals surface area (Å²) >= 11 is 3.47. The largest absolute Gasteiger partial charge is 0.466 e. The van der Waals surface area contributed by atoms with Gasteiger partial charge < -0.3 is 9.47 Å². The Labute approximate surface area is 96.9 Å². The van der Waals surface area contributed by atoms with E-state index in [-0.39, 0.29) is 6.79 Å². The van der Waals surface area contributed by atoms with Gasteiger partial charge in [-0.2, -0.15) is 0 Å². The summed E-state index contributed by atoms with van der Waals surface area (Å²) in [4.78, 5) is 0. The molecule has 0 heterocycles. The molecule has 2 aromatic rings. The highest BCUT2D eigenvalue weighted by molar-refractivity contribution is 9.10. The average Bonchev–Trinajstić information content (AvgIpc) is 2.26. The molecule has 2 rings (SSSR count). The molecule has 78 valence electrons. The molecule has 0 aliphatic rings. The van der Waals surface area contributed by atoms with Crippen LogP contribution in [0.5, 0.6) is 5.75 Å². The zero-order valence-corrected chi connectivity index (χ0v) is 9.95. The lowest BCUT2D eigenvalue weighted by Gasteiger charge is -2.08. The Kier molecular flexibility index (Phi) is 3.23. The zero-order valence-electron chi connectivity index (χ0n) is 8.37. The molecule has 0 saturated heterocycles. The van der Waals surface area contributed by atoms with Gasteiger partial charge in [-0.3, -0.25) is 0 Å².